The Morgan fingerprint density at radius 2 is 1.84 bits per heavy atom. The lowest BCUT2D eigenvalue weighted by Gasteiger charge is -2.09. The summed E-state index contributed by atoms with van der Waals surface area (Å²) in [5.74, 6) is -0.416. The molecule has 0 spiro atoms. The largest absolute Gasteiger partial charge is 0.389 e. The van der Waals surface area contributed by atoms with Crippen molar-refractivity contribution in [2.24, 2.45) is 5.73 Å². The number of nitrogens with two attached hydrogens (primary N) is 1. The van der Waals surface area contributed by atoms with Crippen molar-refractivity contribution < 1.29 is 4.39 Å². The van der Waals surface area contributed by atoms with Gasteiger partial charge in [-0.25, -0.2) is 4.39 Å². The third kappa shape index (κ3) is 3.56. The van der Waals surface area contributed by atoms with E-state index in [1.165, 1.54) is 12.1 Å². The van der Waals surface area contributed by atoms with Crippen molar-refractivity contribution in [3.8, 4) is 0 Å². The summed E-state index contributed by atoms with van der Waals surface area (Å²) >= 11 is 16.7. The van der Waals surface area contributed by atoms with Crippen molar-refractivity contribution in [1.82, 2.24) is 0 Å². The van der Waals surface area contributed by atoms with Crippen molar-refractivity contribution in [2.45, 2.75) is 0 Å². The van der Waals surface area contributed by atoms with Gasteiger partial charge in [-0.1, -0.05) is 35.4 Å². The van der Waals surface area contributed by atoms with E-state index in [1.807, 2.05) is 0 Å². The SMILES string of the molecule is NC(=S)c1ccc(Nc2cc(F)cc(Cl)c2)cc1Cl. The Kier molecular flexibility index (Phi) is 4.24. The predicted octanol–water partition coefficient (Wildman–Crippen LogP) is 4.51. The molecule has 3 N–H and O–H groups in total. The molecular weight excluding hydrogens is 306 g/mol. The molecular formula is C13H9Cl2FN2S. The topological polar surface area (TPSA) is 38.0 Å². The van der Waals surface area contributed by atoms with Gasteiger partial charge in [0.25, 0.3) is 0 Å². The van der Waals surface area contributed by atoms with E-state index >= 15 is 0 Å². The molecule has 0 saturated carbocycles. The van der Waals surface area contributed by atoms with Crippen molar-refractivity contribution >= 4 is 51.8 Å². The lowest BCUT2D eigenvalue weighted by molar-refractivity contribution is 0.628. The quantitative estimate of drug-likeness (QED) is 0.819. The Balaban J connectivity index is 2.28. The first-order valence-corrected chi connectivity index (χ1v) is 6.44. The average molecular weight is 315 g/mol. The maximum absolute atomic E-state index is 13.2. The van der Waals surface area contributed by atoms with E-state index < -0.39 is 5.82 Å². The fraction of sp³-hybridized carbons (Fsp3) is 0. The van der Waals surface area contributed by atoms with Crippen molar-refractivity contribution in [1.29, 1.82) is 0 Å². The van der Waals surface area contributed by atoms with Gasteiger partial charge >= 0.3 is 0 Å². The number of anilines is 2. The van der Waals surface area contributed by atoms with E-state index in [4.69, 9.17) is 41.2 Å². The zero-order valence-corrected chi connectivity index (χ0v) is 11.9. The Morgan fingerprint density at radius 3 is 2.42 bits per heavy atom. The predicted molar refractivity (Wildman–Crippen MR) is 82.0 cm³/mol. The minimum Gasteiger partial charge on any atom is -0.389 e. The molecule has 2 nitrogen and oxygen atoms in total. The molecule has 2 rings (SSSR count). The fourth-order valence-electron chi connectivity index (χ4n) is 1.59. The summed E-state index contributed by atoms with van der Waals surface area (Å²) in [7, 11) is 0. The van der Waals surface area contributed by atoms with Crippen LogP contribution in [0.25, 0.3) is 0 Å². The van der Waals surface area contributed by atoms with Gasteiger partial charge in [0.1, 0.15) is 10.8 Å². The summed E-state index contributed by atoms with van der Waals surface area (Å²) in [6.45, 7) is 0. The van der Waals surface area contributed by atoms with Gasteiger partial charge in [-0.05, 0) is 36.4 Å². The molecule has 0 amide bonds. The van der Waals surface area contributed by atoms with E-state index in [0.29, 0.717) is 27.0 Å². The molecule has 2 aromatic rings. The maximum Gasteiger partial charge on any atom is 0.126 e. The molecule has 0 aromatic heterocycles. The van der Waals surface area contributed by atoms with Crippen LogP contribution in [0.2, 0.25) is 10.0 Å². The van der Waals surface area contributed by atoms with E-state index in [-0.39, 0.29) is 4.99 Å². The third-order valence-electron chi connectivity index (χ3n) is 2.39. The van der Waals surface area contributed by atoms with E-state index in [0.717, 1.165) is 0 Å². The van der Waals surface area contributed by atoms with Crippen molar-refractivity contribution in [2.75, 3.05) is 5.32 Å². The summed E-state index contributed by atoms with van der Waals surface area (Å²) < 4.78 is 13.2. The number of rotatable bonds is 3. The standard InChI is InChI=1S/C13H9Cl2FN2S/c14-7-3-8(16)5-10(4-7)18-9-1-2-11(13(17)19)12(15)6-9/h1-6,18H,(H2,17,19). The first-order valence-electron chi connectivity index (χ1n) is 5.28. The van der Waals surface area contributed by atoms with Gasteiger partial charge in [-0.2, -0.15) is 0 Å². The van der Waals surface area contributed by atoms with Crippen LogP contribution in [0, 0.1) is 5.82 Å². The smallest absolute Gasteiger partial charge is 0.126 e. The van der Waals surface area contributed by atoms with Crippen LogP contribution < -0.4 is 11.1 Å². The summed E-state index contributed by atoms with van der Waals surface area (Å²) in [6.07, 6.45) is 0. The van der Waals surface area contributed by atoms with Crippen molar-refractivity contribution in [3.05, 3.63) is 57.8 Å². The Labute approximate surface area is 125 Å². The molecule has 0 aliphatic rings. The molecule has 0 aliphatic carbocycles. The number of benzene rings is 2. The van der Waals surface area contributed by atoms with Crippen molar-refractivity contribution in [3.63, 3.8) is 0 Å². The molecule has 0 atom stereocenters. The van der Waals surface area contributed by atoms with Crippen LogP contribution in [0.15, 0.2) is 36.4 Å². The summed E-state index contributed by atoms with van der Waals surface area (Å²) in [4.78, 5) is 0.227. The second-order valence-electron chi connectivity index (χ2n) is 3.84. The van der Waals surface area contributed by atoms with Gasteiger partial charge in [-0.15, -0.1) is 0 Å². The second-order valence-corrected chi connectivity index (χ2v) is 5.13. The Hall–Kier alpha value is -1.36. The minimum atomic E-state index is -0.416. The fourth-order valence-corrected chi connectivity index (χ4v) is 2.32. The summed E-state index contributed by atoms with van der Waals surface area (Å²) in [5.41, 5.74) is 7.33. The molecule has 0 unspecified atom stereocenters. The van der Waals surface area contributed by atoms with Gasteiger partial charge in [0, 0.05) is 22.0 Å². The molecule has 6 heteroatoms. The molecule has 2 aromatic carbocycles. The van der Waals surface area contributed by atoms with Crippen LogP contribution in [0.1, 0.15) is 5.56 Å². The van der Waals surface area contributed by atoms with E-state index in [1.54, 1.807) is 24.3 Å². The van der Waals surface area contributed by atoms with Gasteiger partial charge in [0.2, 0.25) is 0 Å². The highest BCUT2D eigenvalue weighted by Gasteiger charge is 2.05. The van der Waals surface area contributed by atoms with Gasteiger partial charge in [0.05, 0.1) is 5.02 Å². The number of thiocarbonyl (C=S) groups is 1. The molecule has 19 heavy (non-hydrogen) atoms. The first kappa shape index (κ1) is 14.1. The van der Waals surface area contributed by atoms with Crippen LogP contribution in [0.3, 0.4) is 0 Å². The Morgan fingerprint density at radius 1 is 1.11 bits per heavy atom. The second kappa shape index (κ2) is 5.74. The molecule has 0 radical (unpaired) electrons. The monoisotopic (exact) mass is 314 g/mol. The molecule has 0 fully saturated rings. The lowest BCUT2D eigenvalue weighted by Crippen LogP contribution is -2.09. The number of nitrogens with one attached hydrogen (secondary N) is 1. The maximum atomic E-state index is 13.2. The third-order valence-corrected chi connectivity index (χ3v) is 3.14. The van der Waals surface area contributed by atoms with Crippen LogP contribution in [-0.2, 0) is 0 Å². The van der Waals surface area contributed by atoms with Crippen LogP contribution in [0.4, 0.5) is 15.8 Å². The zero-order chi connectivity index (χ0) is 14.0. The minimum absolute atomic E-state index is 0.227. The molecule has 0 saturated heterocycles. The zero-order valence-electron chi connectivity index (χ0n) is 9.58. The number of hydrogen-bond donors (Lipinski definition) is 2. The van der Waals surface area contributed by atoms with Crippen LogP contribution >= 0.6 is 35.4 Å². The Bertz CT molecular complexity index is 626. The molecule has 0 bridgehead atoms. The highest BCUT2D eigenvalue weighted by molar-refractivity contribution is 7.80. The number of hydrogen-bond acceptors (Lipinski definition) is 2. The van der Waals surface area contributed by atoms with Crippen LogP contribution in [0.5, 0.6) is 0 Å². The molecule has 0 heterocycles. The van der Waals surface area contributed by atoms with Gasteiger partial charge in [-0.3, -0.25) is 0 Å². The average Bonchev–Trinajstić information content (AvgIpc) is 2.26. The molecule has 0 aliphatic heterocycles. The number of halogens is 3. The summed E-state index contributed by atoms with van der Waals surface area (Å²) in [6, 6.07) is 9.29. The van der Waals surface area contributed by atoms with Gasteiger partial charge in [0.15, 0.2) is 0 Å². The highest BCUT2D eigenvalue weighted by Crippen LogP contribution is 2.25. The highest BCUT2D eigenvalue weighted by atomic mass is 35.5. The van der Waals surface area contributed by atoms with E-state index in [2.05, 4.69) is 5.32 Å². The summed E-state index contributed by atoms with van der Waals surface area (Å²) in [5, 5.41) is 3.74. The van der Waals surface area contributed by atoms with E-state index in [9.17, 15) is 4.39 Å². The first-order chi connectivity index (χ1) is 8.95. The van der Waals surface area contributed by atoms with Gasteiger partial charge < -0.3 is 11.1 Å². The lowest BCUT2D eigenvalue weighted by atomic mass is 10.2. The molecule has 98 valence electrons. The normalized spacial score (nSPS) is 10.3. The van der Waals surface area contributed by atoms with Crippen LogP contribution in [-0.4, -0.2) is 4.99 Å².